The average Bonchev–Trinajstić information content (AvgIpc) is 3.45. The zero-order chi connectivity index (χ0) is 61.8. The second kappa shape index (κ2) is 54.2. The predicted molar refractivity (Wildman–Crippen MR) is 331 cm³/mol. The average molecular weight is 1230 g/mol. The van der Waals surface area contributed by atoms with E-state index in [0.717, 1.165) is 114 Å². The first kappa shape index (κ1) is 81.1. The zero-order valence-corrected chi connectivity index (χ0v) is 55.6. The maximum Gasteiger partial charge on any atom is 0.472 e. The van der Waals surface area contributed by atoms with Gasteiger partial charge in [-0.1, -0.05) is 254 Å². The fourth-order valence-electron chi connectivity index (χ4n) is 9.40. The Bertz CT molecular complexity index is 1660. The van der Waals surface area contributed by atoms with Gasteiger partial charge in [-0.05, 0) is 49.4 Å². The highest BCUT2D eigenvalue weighted by atomic mass is 31.2. The van der Waals surface area contributed by atoms with Crippen LogP contribution in [0.1, 0.15) is 306 Å². The van der Waals surface area contributed by atoms with Gasteiger partial charge in [0.2, 0.25) is 0 Å². The first-order valence-corrected chi connectivity index (χ1v) is 36.2. The van der Waals surface area contributed by atoms with Crippen LogP contribution in [0.3, 0.4) is 0 Å². The molecule has 83 heavy (non-hydrogen) atoms. The van der Waals surface area contributed by atoms with Crippen LogP contribution in [-0.2, 0) is 65.4 Å². The van der Waals surface area contributed by atoms with Crippen LogP contribution in [0.15, 0.2) is 0 Å². The molecule has 0 fully saturated rings. The van der Waals surface area contributed by atoms with Crippen molar-refractivity contribution in [2.24, 2.45) is 23.7 Å². The number of aliphatic hydroxyl groups excluding tert-OH is 1. The summed E-state index contributed by atoms with van der Waals surface area (Å²) in [5.41, 5.74) is 0. The van der Waals surface area contributed by atoms with Gasteiger partial charge in [-0.3, -0.25) is 37.3 Å². The van der Waals surface area contributed by atoms with Gasteiger partial charge in [0, 0.05) is 25.7 Å². The third-order valence-corrected chi connectivity index (χ3v) is 16.8. The molecule has 0 aromatic heterocycles. The fraction of sp³-hybridized carbons (Fsp3) is 0.938. The highest BCUT2D eigenvalue weighted by molar-refractivity contribution is 7.47. The second-order valence-corrected chi connectivity index (χ2v) is 27.7. The Morgan fingerprint density at radius 2 is 0.578 bits per heavy atom. The van der Waals surface area contributed by atoms with Gasteiger partial charge in [0.1, 0.15) is 19.3 Å². The van der Waals surface area contributed by atoms with E-state index in [1.165, 1.54) is 103 Å². The summed E-state index contributed by atoms with van der Waals surface area (Å²) in [6, 6.07) is 0. The molecule has 0 spiro atoms. The molecule has 3 N–H and O–H groups in total. The number of phosphoric acid groups is 2. The third kappa shape index (κ3) is 57.6. The molecular weight excluding hydrogens is 1100 g/mol. The molecule has 0 aromatic rings. The van der Waals surface area contributed by atoms with E-state index in [-0.39, 0.29) is 25.7 Å². The van der Waals surface area contributed by atoms with Crippen molar-refractivity contribution in [3.8, 4) is 0 Å². The van der Waals surface area contributed by atoms with Crippen molar-refractivity contribution < 1.29 is 80.2 Å². The van der Waals surface area contributed by atoms with Crippen LogP contribution < -0.4 is 0 Å². The van der Waals surface area contributed by atoms with Gasteiger partial charge in [-0.15, -0.1) is 0 Å². The molecule has 0 aromatic carbocycles. The molecule has 0 heterocycles. The minimum atomic E-state index is -4.94. The topological polar surface area (TPSA) is 237 Å². The van der Waals surface area contributed by atoms with Crippen LogP contribution in [0.5, 0.6) is 0 Å². The van der Waals surface area contributed by atoms with Crippen molar-refractivity contribution >= 4 is 39.5 Å². The highest BCUT2D eigenvalue weighted by Crippen LogP contribution is 2.45. The number of carbonyl (C=O) groups excluding carboxylic acids is 4. The van der Waals surface area contributed by atoms with E-state index in [1.54, 1.807) is 0 Å². The number of hydrogen-bond donors (Lipinski definition) is 3. The molecule has 0 saturated carbocycles. The van der Waals surface area contributed by atoms with Crippen LogP contribution >= 0.6 is 15.6 Å². The molecule has 0 radical (unpaired) electrons. The molecule has 0 bridgehead atoms. The Morgan fingerprint density at radius 3 is 0.855 bits per heavy atom. The third-order valence-electron chi connectivity index (χ3n) is 14.9. The summed E-state index contributed by atoms with van der Waals surface area (Å²) in [4.78, 5) is 72.2. The molecule has 0 aliphatic rings. The standard InChI is InChI=1S/C64H124O17P2/c1-9-57(8)43-35-27-21-23-29-37-45-62(67)75-51-59(80-63(68)46-38-30-19-15-14-17-25-33-41-55(4)5)52-78-82(70,71)76-48-58(65)49-77-83(72,73)79-53-60(81-64(69)47-39-31-22-20-26-34-42-56(6)7)50-74-61(66)44-36-28-18-13-11-10-12-16-24-32-40-54(2)3/h54-60,65H,9-53H2,1-8H3,(H,70,71)(H,72,73)/t57?,58-,59+,60+/m0/s1. The number of phosphoric ester groups is 2. The number of ether oxygens (including phenoxy) is 4. The van der Waals surface area contributed by atoms with Crippen LogP contribution in [0, 0.1) is 23.7 Å². The van der Waals surface area contributed by atoms with E-state index >= 15 is 0 Å². The lowest BCUT2D eigenvalue weighted by molar-refractivity contribution is -0.161. The minimum absolute atomic E-state index is 0.101. The van der Waals surface area contributed by atoms with Crippen LogP contribution in [0.25, 0.3) is 0 Å². The lowest BCUT2D eigenvalue weighted by atomic mass is 10.00. The summed E-state index contributed by atoms with van der Waals surface area (Å²) < 4.78 is 68.0. The molecule has 3 unspecified atom stereocenters. The lowest BCUT2D eigenvalue weighted by Gasteiger charge is -2.21. The van der Waals surface area contributed by atoms with Gasteiger partial charge in [0.05, 0.1) is 26.4 Å². The minimum Gasteiger partial charge on any atom is -0.462 e. The number of unbranched alkanes of at least 4 members (excludes halogenated alkanes) is 26. The summed E-state index contributed by atoms with van der Waals surface area (Å²) in [7, 11) is -9.89. The van der Waals surface area contributed by atoms with Crippen molar-refractivity contribution in [3.63, 3.8) is 0 Å². The van der Waals surface area contributed by atoms with Crippen LogP contribution in [-0.4, -0.2) is 96.7 Å². The molecule has 17 nitrogen and oxygen atoms in total. The first-order chi connectivity index (χ1) is 39.6. The van der Waals surface area contributed by atoms with E-state index < -0.39 is 97.5 Å². The molecule has 0 rings (SSSR count). The predicted octanol–water partition coefficient (Wildman–Crippen LogP) is 17.4. The molecule has 6 atom stereocenters. The van der Waals surface area contributed by atoms with Gasteiger partial charge in [-0.2, -0.15) is 0 Å². The molecule has 0 amide bonds. The van der Waals surface area contributed by atoms with Gasteiger partial charge in [-0.25, -0.2) is 9.13 Å². The molecular formula is C64H124O17P2. The number of esters is 4. The summed E-state index contributed by atoms with van der Waals surface area (Å²) in [6.45, 7) is 13.9. The number of hydrogen-bond acceptors (Lipinski definition) is 15. The van der Waals surface area contributed by atoms with Gasteiger partial charge >= 0.3 is 39.5 Å². The van der Waals surface area contributed by atoms with E-state index in [4.69, 9.17) is 37.0 Å². The Balaban J connectivity index is 5.24. The molecule has 0 aliphatic heterocycles. The Kier molecular flexibility index (Phi) is 53.0. The number of carbonyl (C=O) groups is 4. The van der Waals surface area contributed by atoms with Crippen molar-refractivity contribution in [3.05, 3.63) is 0 Å². The van der Waals surface area contributed by atoms with Crippen LogP contribution in [0.2, 0.25) is 0 Å². The van der Waals surface area contributed by atoms with Gasteiger partial charge in [0.25, 0.3) is 0 Å². The van der Waals surface area contributed by atoms with Crippen molar-refractivity contribution in [2.45, 2.75) is 324 Å². The van der Waals surface area contributed by atoms with Crippen LogP contribution in [0.4, 0.5) is 0 Å². The second-order valence-electron chi connectivity index (χ2n) is 24.8. The zero-order valence-electron chi connectivity index (χ0n) is 53.8. The normalized spacial score (nSPS) is 14.8. The number of rotatable bonds is 61. The maximum atomic E-state index is 13.0. The summed E-state index contributed by atoms with van der Waals surface area (Å²) in [6.07, 6.45) is 33.7. The maximum absolute atomic E-state index is 13.0. The fourth-order valence-corrected chi connectivity index (χ4v) is 11.0. The lowest BCUT2D eigenvalue weighted by Crippen LogP contribution is -2.30. The highest BCUT2D eigenvalue weighted by Gasteiger charge is 2.30. The molecule has 19 heteroatoms. The van der Waals surface area contributed by atoms with E-state index in [9.17, 15) is 43.2 Å². The number of aliphatic hydroxyl groups is 1. The quantitative estimate of drug-likeness (QED) is 0.0222. The summed E-state index contributed by atoms with van der Waals surface area (Å²) in [5, 5.41) is 10.5. The largest absolute Gasteiger partial charge is 0.472 e. The monoisotopic (exact) mass is 1230 g/mol. The van der Waals surface area contributed by atoms with Crippen molar-refractivity contribution in [2.75, 3.05) is 39.6 Å². The van der Waals surface area contributed by atoms with E-state index in [1.807, 2.05) is 0 Å². The van der Waals surface area contributed by atoms with E-state index in [0.29, 0.717) is 31.6 Å². The van der Waals surface area contributed by atoms with Gasteiger partial charge < -0.3 is 33.8 Å². The Labute approximate surface area is 505 Å². The van der Waals surface area contributed by atoms with Gasteiger partial charge in [0.15, 0.2) is 12.2 Å². The molecule has 0 saturated heterocycles. The molecule has 492 valence electrons. The van der Waals surface area contributed by atoms with Crippen molar-refractivity contribution in [1.82, 2.24) is 0 Å². The van der Waals surface area contributed by atoms with E-state index in [2.05, 4.69) is 55.4 Å². The van der Waals surface area contributed by atoms with Crippen molar-refractivity contribution in [1.29, 1.82) is 0 Å². The summed E-state index contributed by atoms with van der Waals surface area (Å²) in [5.74, 6) is 0.733. The smallest absolute Gasteiger partial charge is 0.462 e. The first-order valence-electron chi connectivity index (χ1n) is 33.2. The molecule has 0 aliphatic carbocycles. The summed E-state index contributed by atoms with van der Waals surface area (Å²) >= 11 is 0. The SMILES string of the molecule is CCC(C)CCCCCCCCC(=O)OC[C@H](COP(=O)(O)OC[C@H](O)COP(=O)(O)OC[C@@H](COC(=O)CCCCCCCCCCCCC(C)C)OC(=O)CCCCCCCCC(C)C)OC(=O)CCCCCCCCCCC(C)C. The Morgan fingerprint density at radius 1 is 0.337 bits per heavy atom. The Hall–Kier alpha value is -1.94.